The number of nitrogens with zero attached hydrogens (tertiary/aromatic N) is 1. The molecule has 5 nitrogen and oxygen atoms in total. The van der Waals surface area contributed by atoms with E-state index >= 15 is 0 Å². The van der Waals surface area contributed by atoms with Crippen LogP contribution in [0.2, 0.25) is 0 Å². The van der Waals surface area contributed by atoms with Crippen molar-refractivity contribution in [1.29, 1.82) is 0 Å². The van der Waals surface area contributed by atoms with Gasteiger partial charge in [-0.15, -0.1) is 0 Å². The third kappa shape index (κ3) is 3.00. The van der Waals surface area contributed by atoms with Gasteiger partial charge in [0.1, 0.15) is 11.6 Å². The Bertz CT molecular complexity index is 690. The van der Waals surface area contributed by atoms with Gasteiger partial charge in [0.25, 0.3) is 0 Å². The fraction of sp³-hybridized carbons (Fsp3) is 0. The minimum Gasteiger partial charge on any atom is -0.449 e. The average molecular weight is 340 g/mol. The Kier molecular flexibility index (Phi) is 4.09. The van der Waals surface area contributed by atoms with Crippen LogP contribution in [0.5, 0.6) is 11.5 Å². The maximum absolute atomic E-state index is 13.0. The maximum atomic E-state index is 13.0. The highest BCUT2D eigenvalue weighted by Gasteiger charge is 2.18. The van der Waals surface area contributed by atoms with Crippen molar-refractivity contribution in [2.45, 2.75) is 0 Å². The predicted octanol–water partition coefficient (Wildman–Crippen LogP) is 4.10. The molecular weight excluding hydrogens is 333 g/mol. The van der Waals surface area contributed by atoms with Crippen molar-refractivity contribution >= 4 is 27.9 Å². The molecule has 0 spiro atoms. The number of aldehydes is 1. The Morgan fingerprint density at radius 1 is 1.20 bits per heavy atom. The molecule has 0 saturated carbocycles. The fourth-order valence-corrected chi connectivity index (χ4v) is 1.92. The van der Waals surface area contributed by atoms with E-state index in [1.807, 2.05) is 0 Å². The molecule has 0 aliphatic rings. The first-order chi connectivity index (χ1) is 9.51. The third-order valence-electron chi connectivity index (χ3n) is 2.44. The first kappa shape index (κ1) is 14.1. The molecular formula is C13H7BrFNO4. The molecule has 102 valence electrons. The van der Waals surface area contributed by atoms with Gasteiger partial charge in [0.15, 0.2) is 6.29 Å². The van der Waals surface area contributed by atoms with Crippen LogP contribution >= 0.6 is 15.9 Å². The van der Waals surface area contributed by atoms with Crippen molar-refractivity contribution < 1.29 is 18.8 Å². The smallest absolute Gasteiger partial charge is 0.314 e. The molecule has 20 heavy (non-hydrogen) atoms. The monoisotopic (exact) mass is 339 g/mol. The van der Waals surface area contributed by atoms with Crippen LogP contribution < -0.4 is 4.74 Å². The third-order valence-corrected chi connectivity index (χ3v) is 2.93. The molecule has 0 bridgehead atoms. The zero-order valence-corrected chi connectivity index (χ0v) is 11.5. The Morgan fingerprint density at radius 2 is 1.90 bits per heavy atom. The van der Waals surface area contributed by atoms with Crippen LogP contribution in [-0.4, -0.2) is 11.2 Å². The number of nitro groups is 1. The second-order valence-corrected chi connectivity index (χ2v) is 4.69. The van der Waals surface area contributed by atoms with Gasteiger partial charge in [-0.05, 0) is 30.3 Å². The molecule has 0 unspecified atom stereocenters. The van der Waals surface area contributed by atoms with Crippen molar-refractivity contribution in [1.82, 2.24) is 0 Å². The Labute approximate surface area is 121 Å². The zero-order chi connectivity index (χ0) is 14.7. The van der Waals surface area contributed by atoms with Crippen LogP contribution in [0.4, 0.5) is 10.1 Å². The standard InChI is InChI=1S/C13H7BrFNO4/c14-9-1-3-12(8(5-9)7-17)20-13-4-2-10(15)6-11(13)16(18)19/h1-7H. The molecule has 0 atom stereocenters. The molecule has 0 aliphatic carbocycles. The molecule has 7 heteroatoms. The van der Waals surface area contributed by atoms with Crippen LogP contribution in [0.15, 0.2) is 40.9 Å². The molecule has 0 aliphatic heterocycles. The van der Waals surface area contributed by atoms with E-state index in [0.29, 0.717) is 10.8 Å². The van der Waals surface area contributed by atoms with Crippen molar-refractivity contribution in [2.24, 2.45) is 0 Å². The summed E-state index contributed by atoms with van der Waals surface area (Å²) < 4.78 is 19.0. The molecule has 0 radical (unpaired) electrons. The number of nitro benzene ring substituents is 1. The van der Waals surface area contributed by atoms with Crippen molar-refractivity contribution in [3.8, 4) is 11.5 Å². The van der Waals surface area contributed by atoms with E-state index in [2.05, 4.69) is 15.9 Å². The molecule has 2 rings (SSSR count). The van der Waals surface area contributed by atoms with Crippen molar-refractivity contribution in [2.75, 3.05) is 0 Å². The molecule has 2 aromatic rings. The largest absolute Gasteiger partial charge is 0.449 e. The first-order valence-corrected chi connectivity index (χ1v) is 6.17. The summed E-state index contributed by atoms with van der Waals surface area (Å²) in [6.45, 7) is 0. The quantitative estimate of drug-likeness (QED) is 0.477. The van der Waals surface area contributed by atoms with Crippen LogP contribution in [0.3, 0.4) is 0 Å². The Balaban J connectivity index is 2.45. The summed E-state index contributed by atoms with van der Waals surface area (Å²) in [5.41, 5.74) is -0.289. The van der Waals surface area contributed by atoms with Gasteiger partial charge >= 0.3 is 5.69 Å². The topological polar surface area (TPSA) is 69.4 Å². The molecule has 0 aromatic heterocycles. The van der Waals surface area contributed by atoms with E-state index in [-0.39, 0.29) is 17.1 Å². The normalized spacial score (nSPS) is 10.1. The van der Waals surface area contributed by atoms with Gasteiger partial charge < -0.3 is 4.74 Å². The molecule has 0 N–H and O–H groups in total. The highest BCUT2D eigenvalue weighted by atomic mass is 79.9. The summed E-state index contributed by atoms with van der Waals surface area (Å²) in [6.07, 6.45) is 0.565. The van der Waals surface area contributed by atoms with Crippen LogP contribution in [0.1, 0.15) is 10.4 Å². The lowest BCUT2D eigenvalue weighted by Gasteiger charge is -2.08. The number of halogens is 2. The minimum absolute atomic E-state index is 0.137. The van der Waals surface area contributed by atoms with Crippen molar-refractivity contribution in [3.05, 3.63) is 62.4 Å². The average Bonchev–Trinajstić information content (AvgIpc) is 2.42. The van der Waals surface area contributed by atoms with Gasteiger partial charge in [0, 0.05) is 4.47 Å². The second-order valence-electron chi connectivity index (χ2n) is 3.77. The van der Waals surface area contributed by atoms with Crippen molar-refractivity contribution in [3.63, 3.8) is 0 Å². The summed E-state index contributed by atoms with van der Waals surface area (Å²) in [5.74, 6) is -0.727. The van der Waals surface area contributed by atoms with E-state index in [4.69, 9.17) is 4.74 Å². The van der Waals surface area contributed by atoms with Gasteiger partial charge in [-0.2, -0.15) is 0 Å². The number of carbonyl (C=O) groups is 1. The van der Waals surface area contributed by atoms with E-state index < -0.39 is 16.4 Å². The SMILES string of the molecule is O=Cc1cc(Br)ccc1Oc1ccc(F)cc1[N+](=O)[O-]. The second kappa shape index (κ2) is 5.79. The van der Waals surface area contributed by atoms with E-state index in [9.17, 15) is 19.3 Å². The minimum atomic E-state index is -0.752. The molecule has 0 fully saturated rings. The predicted molar refractivity (Wildman–Crippen MR) is 72.7 cm³/mol. The molecule has 2 aromatic carbocycles. The molecule has 0 saturated heterocycles. The maximum Gasteiger partial charge on any atom is 0.314 e. The van der Waals surface area contributed by atoms with E-state index in [0.717, 1.165) is 18.2 Å². The van der Waals surface area contributed by atoms with Gasteiger partial charge in [-0.25, -0.2) is 4.39 Å². The zero-order valence-electron chi connectivity index (χ0n) is 9.88. The highest BCUT2D eigenvalue weighted by Crippen LogP contribution is 2.33. The van der Waals surface area contributed by atoms with Gasteiger partial charge in [-0.1, -0.05) is 15.9 Å². The van der Waals surface area contributed by atoms with Crippen LogP contribution in [0, 0.1) is 15.9 Å². The summed E-state index contributed by atoms with van der Waals surface area (Å²) in [4.78, 5) is 21.1. The van der Waals surface area contributed by atoms with Crippen LogP contribution in [-0.2, 0) is 0 Å². The number of ether oxygens (including phenoxy) is 1. The van der Waals surface area contributed by atoms with E-state index in [1.165, 1.54) is 12.1 Å². The number of rotatable bonds is 4. The summed E-state index contributed by atoms with van der Waals surface area (Å²) >= 11 is 3.20. The van der Waals surface area contributed by atoms with Crippen LogP contribution in [0.25, 0.3) is 0 Å². The Hall–Kier alpha value is -2.28. The van der Waals surface area contributed by atoms with Gasteiger partial charge in [0.2, 0.25) is 5.75 Å². The number of hydrogen-bond acceptors (Lipinski definition) is 4. The summed E-state index contributed by atoms with van der Waals surface area (Å²) in [7, 11) is 0. The fourth-order valence-electron chi connectivity index (χ4n) is 1.54. The van der Waals surface area contributed by atoms with Gasteiger partial charge in [0.05, 0.1) is 16.6 Å². The molecule has 0 heterocycles. The number of hydrogen-bond donors (Lipinski definition) is 0. The van der Waals surface area contributed by atoms with Gasteiger partial charge in [-0.3, -0.25) is 14.9 Å². The lowest BCUT2D eigenvalue weighted by molar-refractivity contribution is -0.385. The lowest BCUT2D eigenvalue weighted by atomic mass is 10.2. The van der Waals surface area contributed by atoms with E-state index in [1.54, 1.807) is 6.07 Å². The number of carbonyl (C=O) groups excluding carboxylic acids is 1. The summed E-state index contributed by atoms with van der Waals surface area (Å²) in [6, 6.07) is 7.57. The highest BCUT2D eigenvalue weighted by molar-refractivity contribution is 9.10. The lowest BCUT2D eigenvalue weighted by Crippen LogP contribution is -1.96. The number of benzene rings is 2. The summed E-state index contributed by atoms with van der Waals surface area (Å²) in [5, 5.41) is 10.9. The molecule has 0 amide bonds. The Morgan fingerprint density at radius 3 is 2.55 bits per heavy atom. The first-order valence-electron chi connectivity index (χ1n) is 5.38.